The van der Waals surface area contributed by atoms with E-state index in [4.69, 9.17) is 4.74 Å². The van der Waals surface area contributed by atoms with Crippen molar-refractivity contribution in [1.29, 1.82) is 0 Å². The van der Waals surface area contributed by atoms with E-state index >= 15 is 0 Å². The summed E-state index contributed by atoms with van der Waals surface area (Å²) in [6.07, 6.45) is 9.48. The third kappa shape index (κ3) is 6.84. The number of ketones is 1. The minimum atomic E-state index is 0.0926. The molecule has 0 bridgehead atoms. The highest BCUT2D eigenvalue weighted by Gasteiger charge is 2.22. The third-order valence-electron chi connectivity index (χ3n) is 6.39. The van der Waals surface area contributed by atoms with Crippen molar-refractivity contribution < 1.29 is 14.3 Å². The molecule has 0 radical (unpaired) electrons. The van der Waals surface area contributed by atoms with Crippen LogP contribution in [-0.4, -0.2) is 61.3 Å². The summed E-state index contributed by atoms with van der Waals surface area (Å²) in [5.41, 5.74) is 0.686. The molecule has 1 aromatic rings. The second kappa shape index (κ2) is 11.3. The zero-order chi connectivity index (χ0) is 20.5. The Morgan fingerprint density at radius 1 is 0.931 bits per heavy atom. The number of benzene rings is 1. The van der Waals surface area contributed by atoms with Crippen molar-refractivity contribution >= 4 is 11.7 Å². The predicted octanol–water partition coefficient (Wildman–Crippen LogP) is 4.16. The molecule has 1 amide bonds. The highest BCUT2D eigenvalue weighted by Crippen LogP contribution is 2.25. The summed E-state index contributed by atoms with van der Waals surface area (Å²) in [5.74, 6) is 1.90. The molecule has 2 aliphatic rings. The van der Waals surface area contributed by atoms with Crippen LogP contribution in [0.15, 0.2) is 24.3 Å². The molecule has 3 rings (SSSR count). The Labute approximate surface area is 175 Å². The summed E-state index contributed by atoms with van der Waals surface area (Å²) in [6.45, 7) is 4.99. The van der Waals surface area contributed by atoms with Crippen LogP contribution in [0.25, 0.3) is 0 Å². The number of hydrogen-bond donors (Lipinski definition) is 0. The van der Waals surface area contributed by atoms with Gasteiger partial charge in [-0.25, -0.2) is 0 Å². The number of nitrogens with zero attached hydrogens (tertiary/aromatic N) is 2. The fourth-order valence-corrected chi connectivity index (χ4v) is 4.62. The van der Waals surface area contributed by atoms with E-state index in [9.17, 15) is 9.59 Å². The van der Waals surface area contributed by atoms with Crippen molar-refractivity contribution in [2.24, 2.45) is 5.92 Å². The maximum Gasteiger partial charge on any atom is 0.222 e. The molecule has 0 aromatic heterocycles. The Balaban J connectivity index is 1.37. The fourth-order valence-electron chi connectivity index (χ4n) is 4.62. The van der Waals surface area contributed by atoms with Crippen molar-refractivity contribution in [3.05, 3.63) is 29.8 Å². The minimum Gasteiger partial charge on any atom is -0.497 e. The maximum absolute atomic E-state index is 12.6. The lowest BCUT2D eigenvalue weighted by Gasteiger charge is -2.28. The lowest BCUT2D eigenvalue weighted by molar-refractivity contribution is -0.131. The van der Waals surface area contributed by atoms with E-state index in [-0.39, 0.29) is 11.7 Å². The van der Waals surface area contributed by atoms with Crippen LogP contribution in [0.4, 0.5) is 0 Å². The van der Waals surface area contributed by atoms with Gasteiger partial charge in [0.2, 0.25) is 5.91 Å². The SMILES string of the molecule is COc1ccc(C(=O)CCCC(=O)N2CCCN(CC3CCCCC3)CC2)cc1. The normalized spacial score (nSPS) is 19.0. The van der Waals surface area contributed by atoms with Gasteiger partial charge in [-0.1, -0.05) is 19.3 Å². The summed E-state index contributed by atoms with van der Waals surface area (Å²) in [5, 5.41) is 0. The second-order valence-corrected chi connectivity index (χ2v) is 8.54. The molecule has 0 atom stereocenters. The second-order valence-electron chi connectivity index (χ2n) is 8.54. The van der Waals surface area contributed by atoms with Crippen LogP contribution in [0, 0.1) is 5.92 Å². The van der Waals surface area contributed by atoms with Crippen LogP contribution in [-0.2, 0) is 4.79 Å². The van der Waals surface area contributed by atoms with Crippen molar-refractivity contribution in [2.45, 2.75) is 57.8 Å². The lowest BCUT2D eigenvalue weighted by atomic mass is 9.89. The standard InChI is InChI=1S/C24H36N2O3/c1-29-22-13-11-21(12-14-22)23(27)9-5-10-24(28)26-16-6-15-25(17-18-26)19-20-7-3-2-4-8-20/h11-14,20H,2-10,15-19H2,1H3. The Hall–Kier alpha value is -1.88. The smallest absolute Gasteiger partial charge is 0.222 e. The van der Waals surface area contributed by atoms with Gasteiger partial charge in [0.05, 0.1) is 7.11 Å². The van der Waals surface area contributed by atoms with E-state index in [0.717, 1.165) is 44.3 Å². The van der Waals surface area contributed by atoms with Gasteiger partial charge < -0.3 is 14.5 Å². The molecule has 1 aliphatic heterocycles. The van der Waals surface area contributed by atoms with Gasteiger partial charge in [0.25, 0.3) is 0 Å². The summed E-state index contributed by atoms with van der Waals surface area (Å²) >= 11 is 0. The summed E-state index contributed by atoms with van der Waals surface area (Å²) in [7, 11) is 1.61. The lowest BCUT2D eigenvalue weighted by Crippen LogP contribution is -2.36. The highest BCUT2D eigenvalue weighted by atomic mass is 16.5. The zero-order valence-corrected chi connectivity index (χ0v) is 17.9. The quantitative estimate of drug-likeness (QED) is 0.615. The molecular weight excluding hydrogens is 364 g/mol. The number of Topliss-reactive ketones (excluding diaryl/α,β-unsaturated/α-hetero) is 1. The van der Waals surface area contributed by atoms with Crippen LogP contribution in [0.2, 0.25) is 0 Å². The monoisotopic (exact) mass is 400 g/mol. The summed E-state index contributed by atoms with van der Waals surface area (Å²) in [6, 6.07) is 7.18. The molecule has 2 fully saturated rings. The van der Waals surface area contributed by atoms with Gasteiger partial charge in [0, 0.05) is 44.6 Å². The number of carbonyl (C=O) groups is 2. The Morgan fingerprint density at radius 3 is 2.41 bits per heavy atom. The van der Waals surface area contributed by atoms with Gasteiger partial charge in [0.15, 0.2) is 5.78 Å². The molecule has 1 aliphatic carbocycles. The fraction of sp³-hybridized carbons (Fsp3) is 0.667. The number of amides is 1. The molecular formula is C24H36N2O3. The third-order valence-corrected chi connectivity index (χ3v) is 6.39. The van der Waals surface area contributed by atoms with Crippen LogP contribution >= 0.6 is 0 Å². The van der Waals surface area contributed by atoms with Crippen molar-refractivity contribution in [3.8, 4) is 5.75 Å². The average molecular weight is 401 g/mol. The van der Waals surface area contributed by atoms with Crippen LogP contribution in [0.3, 0.4) is 0 Å². The van der Waals surface area contributed by atoms with Crippen LogP contribution in [0.5, 0.6) is 5.75 Å². The summed E-state index contributed by atoms with van der Waals surface area (Å²) < 4.78 is 5.12. The zero-order valence-electron chi connectivity index (χ0n) is 17.9. The molecule has 1 heterocycles. The maximum atomic E-state index is 12.6. The predicted molar refractivity (Wildman–Crippen MR) is 115 cm³/mol. The van der Waals surface area contributed by atoms with E-state index < -0.39 is 0 Å². The average Bonchev–Trinajstić information content (AvgIpc) is 3.00. The number of methoxy groups -OCH3 is 1. The Bertz CT molecular complexity index is 653. The van der Waals surface area contributed by atoms with Gasteiger partial charge in [0.1, 0.15) is 5.75 Å². The van der Waals surface area contributed by atoms with E-state index in [1.54, 1.807) is 31.4 Å². The topological polar surface area (TPSA) is 49.9 Å². The molecule has 1 aromatic carbocycles. The minimum absolute atomic E-state index is 0.0926. The van der Waals surface area contributed by atoms with E-state index in [2.05, 4.69) is 4.90 Å². The largest absolute Gasteiger partial charge is 0.497 e. The first-order valence-corrected chi connectivity index (χ1v) is 11.3. The first kappa shape index (κ1) is 21.8. The first-order chi connectivity index (χ1) is 14.2. The van der Waals surface area contributed by atoms with Crippen molar-refractivity contribution in [2.75, 3.05) is 39.8 Å². The van der Waals surface area contributed by atoms with Gasteiger partial charge >= 0.3 is 0 Å². The molecule has 0 spiro atoms. The Morgan fingerprint density at radius 2 is 1.69 bits per heavy atom. The molecule has 0 N–H and O–H groups in total. The first-order valence-electron chi connectivity index (χ1n) is 11.3. The number of ether oxygens (including phenoxy) is 1. The summed E-state index contributed by atoms with van der Waals surface area (Å²) in [4.78, 5) is 29.5. The van der Waals surface area contributed by atoms with Crippen LogP contribution < -0.4 is 4.74 Å². The number of rotatable bonds is 8. The molecule has 160 valence electrons. The Kier molecular flexibility index (Phi) is 8.53. The van der Waals surface area contributed by atoms with Gasteiger partial charge in [-0.15, -0.1) is 0 Å². The van der Waals surface area contributed by atoms with Gasteiger partial charge in [-0.3, -0.25) is 9.59 Å². The van der Waals surface area contributed by atoms with Crippen molar-refractivity contribution in [3.63, 3.8) is 0 Å². The number of carbonyl (C=O) groups excluding carboxylic acids is 2. The highest BCUT2D eigenvalue weighted by molar-refractivity contribution is 5.96. The van der Waals surface area contributed by atoms with E-state index in [1.807, 2.05) is 4.90 Å². The molecule has 29 heavy (non-hydrogen) atoms. The molecule has 5 nitrogen and oxygen atoms in total. The molecule has 0 unspecified atom stereocenters. The van der Waals surface area contributed by atoms with E-state index in [1.165, 1.54) is 38.6 Å². The van der Waals surface area contributed by atoms with Gasteiger partial charge in [-0.05, 0) is 62.4 Å². The van der Waals surface area contributed by atoms with E-state index in [0.29, 0.717) is 24.8 Å². The molecule has 1 saturated carbocycles. The van der Waals surface area contributed by atoms with Crippen LogP contribution in [0.1, 0.15) is 68.1 Å². The number of hydrogen-bond acceptors (Lipinski definition) is 4. The van der Waals surface area contributed by atoms with Gasteiger partial charge in [-0.2, -0.15) is 0 Å². The van der Waals surface area contributed by atoms with Crippen molar-refractivity contribution in [1.82, 2.24) is 9.80 Å². The molecule has 5 heteroatoms. The molecule has 1 saturated heterocycles.